The van der Waals surface area contributed by atoms with E-state index in [0.29, 0.717) is 63.1 Å². The molecule has 0 radical (unpaired) electrons. The smallest absolute Gasteiger partial charge is 0.227 e. The largest absolute Gasteiger partial charge is 0.342 e. The van der Waals surface area contributed by atoms with Gasteiger partial charge in [0.05, 0.1) is 11.3 Å². The van der Waals surface area contributed by atoms with Crippen LogP contribution in [0.15, 0.2) is 24.3 Å². The number of benzene rings is 1. The molecule has 27 heavy (non-hydrogen) atoms. The summed E-state index contributed by atoms with van der Waals surface area (Å²) in [6, 6.07) is 9.03. The highest BCUT2D eigenvalue weighted by molar-refractivity contribution is 5.94. The van der Waals surface area contributed by atoms with Gasteiger partial charge in [-0.1, -0.05) is 12.1 Å². The van der Waals surface area contributed by atoms with Crippen LogP contribution in [0.3, 0.4) is 0 Å². The SMILES string of the molecule is N#Cc1ccccc1NC(=O)C1CCC(C(=O)N2CCN(C=O)CC2)CC1. The van der Waals surface area contributed by atoms with Crippen molar-refractivity contribution in [3.8, 4) is 6.07 Å². The van der Waals surface area contributed by atoms with Gasteiger partial charge in [-0.15, -0.1) is 0 Å². The van der Waals surface area contributed by atoms with Gasteiger partial charge in [0.15, 0.2) is 0 Å². The monoisotopic (exact) mass is 368 g/mol. The maximum absolute atomic E-state index is 12.7. The first-order chi connectivity index (χ1) is 13.1. The lowest BCUT2D eigenvalue weighted by Gasteiger charge is -2.36. The molecule has 7 heteroatoms. The fourth-order valence-electron chi connectivity index (χ4n) is 3.83. The van der Waals surface area contributed by atoms with Gasteiger partial charge in [0.1, 0.15) is 6.07 Å². The quantitative estimate of drug-likeness (QED) is 0.817. The van der Waals surface area contributed by atoms with E-state index in [1.54, 1.807) is 29.2 Å². The number of anilines is 1. The van der Waals surface area contributed by atoms with E-state index < -0.39 is 0 Å². The number of para-hydroxylation sites is 1. The van der Waals surface area contributed by atoms with Crippen molar-refractivity contribution in [2.45, 2.75) is 25.7 Å². The minimum atomic E-state index is -0.132. The molecule has 0 bridgehead atoms. The van der Waals surface area contributed by atoms with Crippen LogP contribution in [-0.2, 0) is 14.4 Å². The van der Waals surface area contributed by atoms with Crippen molar-refractivity contribution in [2.75, 3.05) is 31.5 Å². The van der Waals surface area contributed by atoms with Gasteiger partial charge in [0.25, 0.3) is 0 Å². The Labute approximate surface area is 158 Å². The van der Waals surface area contributed by atoms with Crippen LogP contribution < -0.4 is 5.32 Å². The highest BCUT2D eigenvalue weighted by atomic mass is 16.2. The van der Waals surface area contributed by atoms with Gasteiger partial charge in [-0.25, -0.2) is 0 Å². The minimum Gasteiger partial charge on any atom is -0.342 e. The molecular weight excluding hydrogens is 344 g/mol. The number of nitrogens with zero attached hydrogens (tertiary/aromatic N) is 3. The predicted molar refractivity (Wildman–Crippen MR) is 99.5 cm³/mol. The number of hydrogen-bond acceptors (Lipinski definition) is 4. The molecule has 3 rings (SSSR count). The van der Waals surface area contributed by atoms with Crippen LogP contribution >= 0.6 is 0 Å². The molecule has 3 amide bonds. The average molecular weight is 368 g/mol. The van der Waals surface area contributed by atoms with Gasteiger partial charge < -0.3 is 15.1 Å². The van der Waals surface area contributed by atoms with Crippen LogP contribution in [0.5, 0.6) is 0 Å². The summed E-state index contributed by atoms with van der Waals surface area (Å²) in [7, 11) is 0. The molecule has 1 N–H and O–H groups in total. The summed E-state index contributed by atoms with van der Waals surface area (Å²) in [6.45, 7) is 2.35. The number of nitriles is 1. The fourth-order valence-corrected chi connectivity index (χ4v) is 3.83. The first kappa shape index (κ1) is 18.9. The summed E-state index contributed by atoms with van der Waals surface area (Å²) in [4.78, 5) is 39.5. The molecule has 1 aromatic carbocycles. The predicted octanol–water partition coefficient (Wildman–Crippen LogP) is 1.60. The normalized spacial score (nSPS) is 22.6. The molecule has 1 heterocycles. The Morgan fingerprint density at radius 2 is 1.67 bits per heavy atom. The third-order valence-corrected chi connectivity index (χ3v) is 5.53. The maximum Gasteiger partial charge on any atom is 0.227 e. The summed E-state index contributed by atoms with van der Waals surface area (Å²) in [6.07, 6.45) is 3.57. The molecule has 2 fully saturated rings. The molecule has 0 spiro atoms. The van der Waals surface area contributed by atoms with Crippen molar-refractivity contribution in [2.24, 2.45) is 11.8 Å². The zero-order chi connectivity index (χ0) is 19.2. The number of amides is 3. The van der Waals surface area contributed by atoms with Crippen molar-refractivity contribution >= 4 is 23.9 Å². The van der Waals surface area contributed by atoms with Crippen molar-refractivity contribution < 1.29 is 14.4 Å². The Balaban J connectivity index is 1.50. The number of piperazine rings is 1. The van der Waals surface area contributed by atoms with Crippen LogP contribution in [0.1, 0.15) is 31.2 Å². The zero-order valence-electron chi connectivity index (χ0n) is 15.3. The molecule has 1 aliphatic carbocycles. The van der Waals surface area contributed by atoms with Gasteiger partial charge in [0.2, 0.25) is 18.2 Å². The highest BCUT2D eigenvalue weighted by Crippen LogP contribution is 2.31. The number of nitrogens with one attached hydrogen (secondary N) is 1. The number of carbonyl (C=O) groups excluding carboxylic acids is 3. The lowest BCUT2D eigenvalue weighted by molar-refractivity contribution is -0.140. The molecule has 0 aromatic heterocycles. The molecule has 1 aliphatic heterocycles. The Hall–Kier alpha value is -2.88. The average Bonchev–Trinajstić information content (AvgIpc) is 2.73. The van der Waals surface area contributed by atoms with Crippen LogP contribution in [0.25, 0.3) is 0 Å². The number of hydrogen-bond donors (Lipinski definition) is 1. The Bertz CT molecular complexity index is 742. The van der Waals surface area contributed by atoms with Gasteiger partial charge in [-0.2, -0.15) is 5.26 Å². The third-order valence-electron chi connectivity index (χ3n) is 5.53. The van der Waals surface area contributed by atoms with E-state index in [-0.39, 0.29) is 23.7 Å². The molecule has 0 atom stereocenters. The topological polar surface area (TPSA) is 93.5 Å². The van der Waals surface area contributed by atoms with Gasteiger partial charge in [-0.05, 0) is 37.8 Å². The lowest BCUT2D eigenvalue weighted by atomic mass is 9.80. The minimum absolute atomic E-state index is 0.0387. The molecule has 2 aliphatic rings. The summed E-state index contributed by atoms with van der Waals surface area (Å²) in [5, 5.41) is 12.0. The van der Waals surface area contributed by atoms with Crippen LogP contribution in [-0.4, -0.2) is 54.2 Å². The van der Waals surface area contributed by atoms with E-state index in [9.17, 15) is 14.4 Å². The molecule has 1 aromatic rings. The second-order valence-corrected chi connectivity index (χ2v) is 7.16. The second-order valence-electron chi connectivity index (χ2n) is 7.16. The van der Waals surface area contributed by atoms with Crippen molar-refractivity contribution in [3.63, 3.8) is 0 Å². The van der Waals surface area contributed by atoms with Gasteiger partial charge in [-0.3, -0.25) is 14.4 Å². The lowest BCUT2D eigenvalue weighted by Crippen LogP contribution is -2.50. The first-order valence-electron chi connectivity index (χ1n) is 9.40. The van der Waals surface area contributed by atoms with Crippen molar-refractivity contribution in [1.82, 2.24) is 9.80 Å². The zero-order valence-corrected chi connectivity index (χ0v) is 15.3. The summed E-state index contributed by atoms with van der Waals surface area (Å²) >= 11 is 0. The molecule has 1 saturated carbocycles. The highest BCUT2D eigenvalue weighted by Gasteiger charge is 2.33. The van der Waals surface area contributed by atoms with Crippen LogP contribution in [0.2, 0.25) is 0 Å². The van der Waals surface area contributed by atoms with Gasteiger partial charge in [0, 0.05) is 38.0 Å². The third kappa shape index (κ3) is 4.45. The fraction of sp³-hybridized carbons (Fsp3) is 0.500. The van der Waals surface area contributed by atoms with Crippen molar-refractivity contribution in [1.29, 1.82) is 5.26 Å². The van der Waals surface area contributed by atoms with E-state index in [1.807, 2.05) is 4.90 Å². The maximum atomic E-state index is 12.7. The standard InChI is InChI=1S/C20H24N4O3/c21-13-17-3-1-2-4-18(17)22-19(26)15-5-7-16(8-6-15)20(27)24-11-9-23(14-25)10-12-24/h1-4,14-16H,5-12H2,(H,22,26). The molecular formula is C20H24N4O3. The molecule has 7 nitrogen and oxygen atoms in total. The van der Waals surface area contributed by atoms with E-state index in [1.165, 1.54) is 0 Å². The van der Waals surface area contributed by atoms with Crippen LogP contribution in [0.4, 0.5) is 5.69 Å². The van der Waals surface area contributed by atoms with E-state index in [0.717, 1.165) is 6.41 Å². The Morgan fingerprint density at radius 3 is 2.30 bits per heavy atom. The van der Waals surface area contributed by atoms with Crippen molar-refractivity contribution in [3.05, 3.63) is 29.8 Å². The Morgan fingerprint density at radius 1 is 1.04 bits per heavy atom. The van der Waals surface area contributed by atoms with Crippen LogP contribution in [0, 0.1) is 23.2 Å². The Kier molecular flexibility index (Phi) is 6.07. The van der Waals surface area contributed by atoms with Gasteiger partial charge >= 0.3 is 0 Å². The van der Waals surface area contributed by atoms with E-state index in [4.69, 9.17) is 5.26 Å². The second kappa shape index (κ2) is 8.67. The number of rotatable bonds is 4. The number of carbonyl (C=O) groups is 3. The summed E-state index contributed by atoms with van der Waals surface area (Å²) < 4.78 is 0. The van der Waals surface area contributed by atoms with E-state index in [2.05, 4.69) is 11.4 Å². The summed E-state index contributed by atoms with van der Waals surface area (Å²) in [5.74, 6) is -0.103. The molecule has 0 unspecified atom stereocenters. The summed E-state index contributed by atoms with van der Waals surface area (Å²) in [5.41, 5.74) is 0.987. The molecule has 142 valence electrons. The molecule has 1 saturated heterocycles. The first-order valence-corrected chi connectivity index (χ1v) is 9.40. The van der Waals surface area contributed by atoms with E-state index >= 15 is 0 Å².